The molecular formula is C16H16N4OS. The number of hydrogen-bond donors (Lipinski definition) is 1. The zero-order valence-corrected chi connectivity index (χ0v) is 12.9. The molecule has 1 aromatic heterocycles. The Labute approximate surface area is 132 Å². The number of carbonyl (C=O) groups is 1. The molecule has 5 nitrogen and oxygen atoms in total. The van der Waals surface area contributed by atoms with Gasteiger partial charge in [-0.05, 0) is 61.6 Å². The second kappa shape index (κ2) is 5.34. The first-order valence-electron chi connectivity index (χ1n) is 7.57. The van der Waals surface area contributed by atoms with Crippen LogP contribution in [0, 0.1) is 17.2 Å². The van der Waals surface area contributed by atoms with E-state index in [1.165, 1.54) is 24.4 Å². The van der Waals surface area contributed by atoms with Crippen molar-refractivity contribution in [1.82, 2.24) is 14.6 Å². The predicted octanol–water partition coefficient (Wildman–Crippen LogP) is 1.99. The molecule has 0 saturated carbocycles. The predicted molar refractivity (Wildman–Crippen MR) is 84.8 cm³/mol. The molecule has 1 atom stereocenters. The van der Waals surface area contributed by atoms with Crippen molar-refractivity contribution < 1.29 is 4.79 Å². The summed E-state index contributed by atoms with van der Waals surface area (Å²) in [5, 5.41) is 12.9. The van der Waals surface area contributed by atoms with Crippen LogP contribution in [-0.2, 0) is 0 Å². The molecule has 0 unspecified atom stereocenters. The van der Waals surface area contributed by atoms with Crippen LogP contribution >= 0.6 is 11.5 Å². The van der Waals surface area contributed by atoms with Gasteiger partial charge >= 0.3 is 0 Å². The van der Waals surface area contributed by atoms with E-state index in [-0.39, 0.29) is 11.9 Å². The minimum atomic E-state index is -0.0882. The van der Waals surface area contributed by atoms with Gasteiger partial charge in [0.1, 0.15) is 5.69 Å². The second-order valence-electron chi connectivity index (χ2n) is 6.07. The number of fused-ring (bicyclic) bond motifs is 4. The van der Waals surface area contributed by atoms with Gasteiger partial charge in [0.05, 0.1) is 16.3 Å². The molecule has 1 aromatic carbocycles. The Morgan fingerprint density at radius 2 is 2.23 bits per heavy atom. The number of nitriles is 1. The fourth-order valence-electron chi connectivity index (χ4n) is 3.54. The summed E-state index contributed by atoms with van der Waals surface area (Å²) in [6, 6.07) is 7.71. The molecule has 3 saturated heterocycles. The smallest absolute Gasteiger partial charge is 0.271 e. The fraction of sp³-hybridized carbons (Fsp3) is 0.438. The number of piperidine rings is 3. The van der Waals surface area contributed by atoms with Crippen molar-refractivity contribution in [3.8, 4) is 6.07 Å². The Morgan fingerprint density at radius 1 is 1.41 bits per heavy atom. The first-order chi connectivity index (χ1) is 10.7. The molecule has 2 bridgehead atoms. The van der Waals surface area contributed by atoms with Crippen molar-refractivity contribution in [2.24, 2.45) is 5.92 Å². The first-order valence-corrected chi connectivity index (χ1v) is 8.34. The van der Waals surface area contributed by atoms with Crippen molar-refractivity contribution in [1.29, 1.82) is 5.26 Å². The van der Waals surface area contributed by atoms with E-state index in [2.05, 4.69) is 20.7 Å². The highest BCUT2D eigenvalue weighted by Gasteiger charge is 2.35. The lowest BCUT2D eigenvalue weighted by molar-refractivity contribution is 0.0619. The van der Waals surface area contributed by atoms with E-state index >= 15 is 0 Å². The maximum Gasteiger partial charge on any atom is 0.271 e. The van der Waals surface area contributed by atoms with Gasteiger partial charge in [0.15, 0.2) is 0 Å². The van der Waals surface area contributed by atoms with Gasteiger partial charge < -0.3 is 10.2 Å². The Balaban J connectivity index is 1.57. The zero-order valence-electron chi connectivity index (χ0n) is 12.1. The lowest BCUT2D eigenvalue weighted by Crippen LogP contribution is -2.57. The first kappa shape index (κ1) is 13.7. The average molecular weight is 312 g/mol. The quantitative estimate of drug-likeness (QED) is 0.921. The largest absolute Gasteiger partial charge is 0.346 e. The number of benzene rings is 1. The van der Waals surface area contributed by atoms with Gasteiger partial charge in [-0.25, -0.2) is 0 Å². The van der Waals surface area contributed by atoms with E-state index in [1.807, 2.05) is 6.07 Å². The van der Waals surface area contributed by atoms with Crippen LogP contribution in [0.25, 0.3) is 10.1 Å². The fourth-order valence-corrected chi connectivity index (χ4v) is 4.35. The summed E-state index contributed by atoms with van der Waals surface area (Å²) in [7, 11) is 0. The molecule has 0 radical (unpaired) electrons. The molecule has 2 aromatic rings. The SMILES string of the molecule is N#Cc1ccc2c(C(=O)N[C@@H]3CN4CCC3CC4)nsc2c1. The van der Waals surface area contributed by atoms with Crippen molar-refractivity contribution in [2.45, 2.75) is 18.9 Å². The van der Waals surface area contributed by atoms with E-state index in [0.29, 0.717) is 17.2 Å². The summed E-state index contributed by atoms with van der Waals surface area (Å²) in [6.45, 7) is 3.28. The molecule has 1 N–H and O–H groups in total. The normalized spacial score (nSPS) is 26.8. The highest BCUT2D eigenvalue weighted by Crippen LogP contribution is 2.28. The molecule has 1 amide bonds. The van der Waals surface area contributed by atoms with Gasteiger partial charge in [0.25, 0.3) is 5.91 Å². The van der Waals surface area contributed by atoms with Crippen molar-refractivity contribution in [2.75, 3.05) is 19.6 Å². The second-order valence-corrected chi connectivity index (χ2v) is 6.88. The van der Waals surface area contributed by atoms with E-state index < -0.39 is 0 Å². The molecule has 5 rings (SSSR count). The summed E-state index contributed by atoms with van der Waals surface area (Å²) in [4.78, 5) is 15.0. The Morgan fingerprint density at radius 3 is 2.91 bits per heavy atom. The number of rotatable bonds is 2. The molecule has 112 valence electrons. The summed E-state index contributed by atoms with van der Waals surface area (Å²) < 4.78 is 5.19. The minimum Gasteiger partial charge on any atom is -0.346 e. The molecular weight excluding hydrogens is 296 g/mol. The molecule has 6 heteroatoms. The lowest BCUT2D eigenvalue weighted by Gasteiger charge is -2.44. The van der Waals surface area contributed by atoms with Crippen molar-refractivity contribution >= 4 is 27.5 Å². The molecule has 22 heavy (non-hydrogen) atoms. The molecule has 3 fully saturated rings. The van der Waals surface area contributed by atoms with Crippen LogP contribution in [0.15, 0.2) is 18.2 Å². The Bertz CT molecular complexity index is 770. The van der Waals surface area contributed by atoms with Gasteiger partial charge in [-0.15, -0.1) is 0 Å². The van der Waals surface area contributed by atoms with Crippen molar-refractivity contribution in [3.63, 3.8) is 0 Å². The zero-order chi connectivity index (χ0) is 15.1. The summed E-state index contributed by atoms with van der Waals surface area (Å²) in [5.74, 6) is 0.513. The van der Waals surface area contributed by atoms with E-state index in [1.54, 1.807) is 12.1 Å². The van der Waals surface area contributed by atoms with Crippen LogP contribution in [-0.4, -0.2) is 40.9 Å². The number of nitrogens with one attached hydrogen (secondary N) is 1. The van der Waals surface area contributed by atoms with E-state index in [0.717, 1.165) is 29.7 Å². The molecule has 3 aliphatic rings. The van der Waals surface area contributed by atoms with Crippen LogP contribution in [0.1, 0.15) is 28.9 Å². The molecule has 3 aliphatic heterocycles. The highest BCUT2D eigenvalue weighted by molar-refractivity contribution is 7.13. The number of nitrogens with zero attached hydrogens (tertiary/aromatic N) is 3. The highest BCUT2D eigenvalue weighted by atomic mass is 32.1. The number of amides is 1. The number of aromatic nitrogens is 1. The third-order valence-corrected chi connectivity index (χ3v) is 5.60. The number of hydrogen-bond acceptors (Lipinski definition) is 5. The van der Waals surface area contributed by atoms with Gasteiger partial charge in [-0.1, -0.05) is 0 Å². The monoisotopic (exact) mass is 312 g/mol. The van der Waals surface area contributed by atoms with E-state index in [9.17, 15) is 4.79 Å². The van der Waals surface area contributed by atoms with Crippen LogP contribution in [0.3, 0.4) is 0 Å². The maximum atomic E-state index is 12.6. The summed E-state index contributed by atoms with van der Waals surface area (Å²) >= 11 is 1.28. The third kappa shape index (κ3) is 2.27. The van der Waals surface area contributed by atoms with Crippen LogP contribution < -0.4 is 5.32 Å². The van der Waals surface area contributed by atoms with Gasteiger partial charge in [0.2, 0.25) is 0 Å². The number of carbonyl (C=O) groups excluding carboxylic acids is 1. The Kier molecular flexibility index (Phi) is 3.32. The minimum absolute atomic E-state index is 0.0882. The van der Waals surface area contributed by atoms with Gasteiger partial charge in [-0.2, -0.15) is 9.64 Å². The van der Waals surface area contributed by atoms with Crippen LogP contribution in [0.2, 0.25) is 0 Å². The Hall–Kier alpha value is -1.97. The molecule has 0 spiro atoms. The maximum absolute atomic E-state index is 12.6. The average Bonchev–Trinajstić information content (AvgIpc) is 2.99. The standard InChI is InChI=1S/C16H16N4OS/c17-8-10-1-2-12-14(7-10)22-19-15(12)16(21)18-13-9-20-5-3-11(13)4-6-20/h1-2,7,11,13H,3-6,9H2,(H,18,21)/t13-/m1/s1. The van der Waals surface area contributed by atoms with Crippen LogP contribution in [0.5, 0.6) is 0 Å². The lowest BCUT2D eigenvalue weighted by atomic mass is 9.84. The third-order valence-electron chi connectivity index (χ3n) is 4.79. The topological polar surface area (TPSA) is 69.0 Å². The van der Waals surface area contributed by atoms with E-state index in [4.69, 9.17) is 5.26 Å². The van der Waals surface area contributed by atoms with Crippen LogP contribution in [0.4, 0.5) is 0 Å². The van der Waals surface area contributed by atoms with Crippen molar-refractivity contribution in [3.05, 3.63) is 29.5 Å². The summed E-state index contributed by atoms with van der Waals surface area (Å²) in [6.07, 6.45) is 2.35. The molecule has 0 aliphatic carbocycles. The molecule has 4 heterocycles. The van der Waals surface area contributed by atoms with Gasteiger partial charge in [0, 0.05) is 18.0 Å². The van der Waals surface area contributed by atoms with Gasteiger partial charge in [-0.3, -0.25) is 4.79 Å². The summed E-state index contributed by atoms with van der Waals surface area (Å²) in [5.41, 5.74) is 1.08.